The number of carbonyl (C=O) groups excluding carboxylic acids is 1. The van der Waals surface area contributed by atoms with E-state index in [0.717, 1.165) is 23.3 Å². The highest BCUT2D eigenvalue weighted by Gasteiger charge is 2.02. The molecule has 0 saturated heterocycles. The van der Waals surface area contributed by atoms with Gasteiger partial charge in [0.2, 0.25) is 0 Å². The third kappa shape index (κ3) is 4.18. The first-order valence-corrected chi connectivity index (χ1v) is 5.45. The lowest BCUT2D eigenvalue weighted by Gasteiger charge is -2.08. The molecule has 5 nitrogen and oxygen atoms in total. The van der Waals surface area contributed by atoms with Gasteiger partial charge in [-0.15, -0.1) is 6.42 Å². The molecule has 0 heterocycles. The number of terminal acetylenes is 1. The Kier molecular flexibility index (Phi) is 5.26. The lowest BCUT2D eigenvalue weighted by molar-refractivity contribution is 0.249. The molecular formula is C13H15N3O2. The highest BCUT2D eigenvalue weighted by Crippen LogP contribution is 2.20. The van der Waals surface area contributed by atoms with Crippen LogP contribution >= 0.6 is 0 Å². The standard InChI is InChI=1S/C13H15N3O2/c1-3-7-18-12-6-5-10(8-11(12)4-2)9-15-16-13(14)17/h1,5-6,8-9H,4,7H2,2H3,(H3,14,16,17). The average molecular weight is 245 g/mol. The van der Waals surface area contributed by atoms with Crippen LogP contribution in [0.2, 0.25) is 0 Å². The van der Waals surface area contributed by atoms with E-state index in [2.05, 4.69) is 16.4 Å². The Morgan fingerprint density at radius 3 is 3.06 bits per heavy atom. The molecule has 0 aliphatic rings. The molecule has 0 spiro atoms. The van der Waals surface area contributed by atoms with E-state index in [1.807, 2.05) is 25.1 Å². The maximum atomic E-state index is 10.4. The van der Waals surface area contributed by atoms with Crippen molar-refractivity contribution >= 4 is 12.2 Å². The first kappa shape index (κ1) is 13.6. The summed E-state index contributed by atoms with van der Waals surface area (Å²) in [5.74, 6) is 3.18. The van der Waals surface area contributed by atoms with Crippen LogP contribution in [-0.2, 0) is 6.42 Å². The lowest BCUT2D eigenvalue weighted by atomic mass is 10.1. The minimum absolute atomic E-state index is 0.240. The first-order chi connectivity index (χ1) is 8.67. The van der Waals surface area contributed by atoms with Gasteiger partial charge in [0, 0.05) is 0 Å². The highest BCUT2D eigenvalue weighted by atomic mass is 16.5. The summed E-state index contributed by atoms with van der Waals surface area (Å²) >= 11 is 0. The number of hydrazone groups is 1. The number of urea groups is 1. The second-order valence-electron chi connectivity index (χ2n) is 3.45. The second-order valence-corrected chi connectivity index (χ2v) is 3.45. The fraction of sp³-hybridized carbons (Fsp3) is 0.231. The molecule has 0 atom stereocenters. The van der Waals surface area contributed by atoms with Gasteiger partial charge >= 0.3 is 6.03 Å². The van der Waals surface area contributed by atoms with Gasteiger partial charge in [0.05, 0.1) is 6.21 Å². The van der Waals surface area contributed by atoms with Crippen molar-refractivity contribution in [2.45, 2.75) is 13.3 Å². The molecule has 2 amide bonds. The fourth-order valence-electron chi connectivity index (χ4n) is 1.39. The van der Waals surface area contributed by atoms with Crippen LogP contribution in [-0.4, -0.2) is 18.9 Å². The van der Waals surface area contributed by atoms with Crippen LogP contribution in [0, 0.1) is 12.3 Å². The number of rotatable bonds is 5. The summed E-state index contributed by atoms with van der Waals surface area (Å²) in [6, 6.07) is 4.85. The molecule has 0 radical (unpaired) electrons. The first-order valence-electron chi connectivity index (χ1n) is 5.45. The number of ether oxygens (including phenoxy) is 1. The molecular weight excluding hydrogens is 230 g/mol. The zero-order valence-corrected chi connectivity index (χ0v) is 10.1. The largest absolute Gasteiger partial charge is 0.481 e. The number of nitrogens with two attached hydrogens (primary N) is 1. The molecule has 0 aliphatic heterocycles. The molecule has 0 unspecified atom stereocenters. The number of nitrogens with one attached hydrogen (secondary N) is 1. The summed E-state index contributed by atoms with van der Waals surface area (Å²) in [4.78, 5) is 10.4. The van der Waals surface area contributed by atoms with Crippen molar-refractivity contribution in [3.8, 4) is 18.1 Å². The summed E-state index contributed by atoms with van der Waals surface area (Å²) < 4.78 is 5.40. The van der Waals surface area contributed by atoms with Gasteiger partial charge in [-0.2, -0.15) is 5.10 Å². The number of carbonyl (C=O) groups is 1. The lowest BCUT2D eigenvalue weighted by Crippen LogP contribution is -2.24. The molecule has 0 aromatic heterocycles. The number of aryl methyl sites for hydroxylation is 1. The quantitative estimate of drug-likeness (QED) is 0.465. The Bertz CT molecular complexity index is 489. The van der Waals surface area contributed by atoms with Crippen LogP contribution in [0.4, 0.5) is 4.79 Å². The van der Waals surface area contributed by atoms with Crippen LogP contribution < -0.4 is 15.9 Å². The highest BCUT2D eigenvalue weighted by molar-refractivity contribution is 5.82. The minimum atomic E-state index is -0.698. The summed E-state index contributed by atoms with van der Waals surface area (Å²) in [5, 5.41) is 3.69. The summed E-state index contributed by atoms with van der Waals surface area (Å²) in [5.41, 5.74) is 8.88. The molecule has 0 aliphatic carbocycles. The molecule has 0 saturated carbocycles. The predicted molar refractivity (Wildman–Crippen MR) is 70.5 cm³/mol. The van der Waals surface area contributed by atoms with Crippen LogP contribution in [0.15, 0.2) is 23.3 Å². The number of hydrogen-bond acceptors (Lipinski definition) is 3. The molecule has 0 bridgehead atoms. The van der Waals surface area contributed by atoms with Crippen molar-refractivity contribution in [3.63, 3.8) is 0 Å². The van der Waals surface area contributed by atoms with Crippen LogP contribution in [0.25, 0.3) is 0 Å². The Labute approximate surface area is 106 Å². The van der Waals surface area contributed by atoms with Crippen molar-refractivity contribution < 1.29 is 9.53 Å². The topological polar surface area (TPSA) is 76.7 Å². The Balaban J connectivity index is 2.81. The third-order valence-electron chi connectivity index (χ3n) is 2.16. The minimum Gasteiger partial charge on any atom is -0.481 e. The van der Waals surface area contributed by atoms with Gasteiger partial charge in [0.1, 0.15) is 12.4 Å². The molecule has 5 heteroatoms. The Morgan fingerprint density at radius 2 is 2.44 bits per heavy atom. The van der Waals surface area contributed by atoms with Gasteiger partial charge in [-0.3, -0.25) is 0 Å². The fourth-order valence-corrected chi connectivity index (χ4v) is 1.39. The summed E-state index contributed by atoms with van der Waals surface area (Å²) in [6.45, 7) is 2.25. The third-order valence-corrected chi connectivity index (χ3v) is 2.16. The summed E-state index contributed by atoms with van der Waals surface area (Å²) in [7, 11) is 0. The SMILES string of the molecule is C#CCOc1ccc(C=NNC(N)=O)cc1CC. The van der Waals surface area contributed by atoms with Gasteiger partial charge in [0.25, 0.3) is 0 Å². The van der Waals surface area contributed by atoms with E-state index in [-0.39, 0.29) is 6.61 Å². The van der Waals surface area contributed by atoms with E-state index in [4.69, 9.17) is 16.9 Å². The summed E-state index contributed by atoms with van der Waals surface area (Å²) in [6.07, 6.45) is 7.46. The van der Waals surface area contributed by atoms with E-state index >= 15 is 0 Å². The van der Waals surface area contributed by atoms with Gasteiger partial charge in [-0.25, -0.2) is 10.2 Å². The smallest absolute Gasteiger partial charge is 0.332 e. The number of hydrogen-bond donors (Lipinski definition) is 2. The zero-order valence-electron chi connectivity index (χ0n) is 10.1. The second kappa shape index (κ2) is 6.97. The van der Waals surface area contributed by atoms with Crippen molar-refractivity contribution in [2.75, 3.05) is 6.61 Å². The Morgan fingerprint density at radius 1 is 1.67 bits per heavy atom. The molecule has 0 fully saturated rings. The van der Waals surface area contributed by atoms with Gasteiger partial charge in [0.15, 0.2) is 0 Å². The average Bonchev–Trinajstić information content (AvgIpc) is 2.36. The maximum absolute atomic E-state index is 10.4. The van der Waals surface area contributed by atoms with Crippen molar-refractivity contribution in [1.29, 1.82) is 0 Å². The van der Waals surface area contributed by atoms with Crippen molar-refractivity contribution in [1.82, 2.24) is 5.43 Å². The van der Waals surface area contributed by atoms with E-state index in [1.54, 1.807) is 0 Å². The van der Waals surface area contributed by atoms with E-state index < -0.39 is 6.03 Å². The molecule has 94 valence electrons. The van der Waals surface area contributed by atoms with Gasteiger partial charge in [-0.05, 0) is 35.7 Å². The van der Waals surface area contributed by atoms with Gasteiger partial charge < -0.3 is 10.5 Å². The molecule has 3 N–H and O–H groups in total. The number of benzene rings is 1. The van der Waals surface area contributed by atoms with Gasteiger partial charge in [-0.1, -0.05) is 12.8 Å². The molecule has 1 aromatic rings. The predicted octanol–water partition coefficient (Wildman–Crippen LogP) is 1.26. The van der Waals surface area contributed by atoms with E-state index in [1.165, 1.54) is 6.21 Å². The monoisotopic (exact) mass is 245 g/mol. The van der Waals surface area contributed by atoms with Crippen LogP contribution in [0.1, 0.15) is 18.1 Å². The van der Waals surface area contributed by atoms with Crippen molar-refractivity contribution in [2.24, 2.45) is 10.8 Å². The normalized spacial score (nSPS) is 10.0. The number of amides is 2. The zero-order chi connectivity index (χ0) is 13.4. The van der Waals surface area contributed by atoms with Crippen LogP contribution in [0.3, 0.4) is 0 Å². The van der Waals surface area contributed by atoms with Crippen LogP contribution in [0.5, 0.6) is 5.75 Å². The molecule has 18 heavy (non-hydrogen) atoms. The Hall–Kier alpha value is -2.48. The molecule has 1 aromatic carbocycles. The van der Waals surface area contributed by atoms with E-state index in [9.17, 15) is 4.79 Å². The van der Waals surface area contributed by atoms with E-state index in [0.29, 0.717) is 0 Å². The molecule has 1 rings (SSSR count). The maximum Gasteiger partial charge on any atom is 0.332 e. The van der Waals surface area contributed by atoms with Crippen molar-refractivity contribution in [3.05, 3.63) is 29.3 Å². The number of primary amides is 1. The number of nitrogens with zero attached hydrogens (tertiary/aromatic N) is 1.